The summed E-state index contributed by atoms with van der Waals surface area (Å²) < 4.78 is 23.3. The maximum atomic E-state index is 13.1. The molecule has 0 aliphatic heterocycles. The molecule has 4 nitrogen and oxygen atoms in total. The fourth-order valence-electron chi connectivity index (χ4n) is 1.57. The molecule has 1 aromatic rings. The Hall–Kier alpha value is -1.62. The molecule has 19 heavy (non-hydrogen) atoms. The Morgan fingerprint density at radius 3 is 2.84 bits per heavy atom. The van der Waals surface area contributed by atoms with Crippen LogP contribution in [0.15, 0.2) is 18.2 Å². The second kappa shape index (κ2) is 7.74. The fraction of sp³-hybridized carbons (Fsp3) is 0.500. The summed E-state index contributed by atoms with van der Waals surface area (Å²) in [7, 11) is 1.33. The van der Waals surface area contributed by atoms with Gasteiger partial charge in [-0.15, -0.1) is 0 Å². The van der Waals surface area contributed by atoms with E-state index < -0.39 is 6.04 Å². The van der Waals surface area contributed by atoms with Gasteiger partial charge in [0.25, 0.3) is 0 Å². The normalized spacial score (nSPS) is 12.0. The van der Waals surface area contributed by atoms with Gasteiger partial charge in [-0.1, -0.05) is 13.0 Å². The summed E-state index contributed by atoms with van der Waals surface area (Å²) in [6.07, 6.45) is 0.895. The molecule has 0 fully saturated rings. The Labute approximate surface area is 112 Å². The van der Waals surface area contributed by atoms with Crippen molar-refractivity contribution in [2.24, 2.45) is 0 Å². The summed E-state index contributed by atoms with van der Waals surface area (Å²) in [6, 6.07) is 3.77. The molecule has 1 aromatic carbocycles. The number of benzene rings is 1. The summed E-state index contributed by atoms with van der Waals surface area (Å²) in [5.74, 6) is -0.313. The molecule has 106 valence electrons. The van der Waals surface area contributed by atoms with Crippen molar-refractivity contribution in [2.45, 2.75) is 26.3 Å². The van der Waals surface area contributed by atoms with Gasteiger partial charge in [0.15, 0.2) is 0 Å². The molecular formula is C14H20FNO3. The van der Waals surface area contributed by atoms with Crippen molar-refractivity contribution in [1.82, 2.24) is 5.32 Å². The minimum Gasteiger partial charge on any atom is -0.491 e. The molecule has 0 saturated carbocycles. The van der Waals surface area contributed by atoms with Gasteiger partial charge in [-0.25, -0.2) is 4.39 Å². The third-order valence-corrected chi connectivity index (χ3v) is 2.68. The number of rotatable bonds is 7. The third kappa shape index (κ3) is 4.87. The first-order valence-electron chi connectivity index (χ1n) is 6.28. The zero-order chi connectivity index (χ0) is 14.3. The van der Waals surface area contributed by atoms with Crippen LogP contribution < -0.4 is 10.1 Å². The lowest BCUT2D eigenvalue weighted by Gasteiger charge is -2.17. The highest BCUT2D eigenvalue weighted by Gasteiger charge is 2.19. The molecule has 0 amide bonds. The highest BCUT2D eigenvalue weighted by atomic mass is 19.1. The van der Waals surface area contributed by atoms with Gasteiger partial charge in [0, 0.05) is 6.07 Å². The van der Waals surface area contributed by atoms with Crippen LogP contribution in [0, 0.1) is 12.7 Å². The Morgan fingerprint density at radius 1 is 1.47 bits per heavy atom. The minimum atomic E-state index is -0.549. The van der Waals surface area contributed by atoms with Crippen molar-refractivity contribution in [1.29, 1.82) is 0 Å². The highest BCUT2D eigenvalue weighted by molar-refractivity contribution is 5.75. The number of ether oxygens (including phenoxy) is 2. The molecule has 1 unspecified atom stereocenters. The summed E-state index contributed by atoms with van der Waals surface area (Å²) in [6.45, 7) is 4.61. The first-order chi connectivity index (χ1) is 9.08. The molecule has 0 radical (unpaired) electrons. The van der Waals surface area contributed by atoms with Crippen LogP contribution in [0.3, 0.4) is 0 Å². The maximum Gasteiger partial charge on any atom is 0.326 e. The SMILES string of the molecule is CCCNC(COc1cc(F)ccc1C)C(=O)OC. The molecule has 1 atom stereocenters. The van der Waals surface area contributed by atoms with E-state index in [4.69, 9.17) is 9.47 Å². The van der Waals surface area contributed by atoms with Crippen molar-refractivity contribution in [3.8, 4) is 5.75 Å². The van der Waals surface area contributed by atoms with Crippen LogP contribution in [0.5, 0.6) is 5.75 Å². The molecule has 0 aromatic heterocycles. The van der Waals surface area contributed by atoms with Crippen LogP contribution in [0.4, 0.5) is 4.39 Å². The number of hydrogen-bond acceptors (Lipinski definition) is 4. The topological polar surface area (TPSA) is 47.6 Å². The number of halogens is 1. The second-order valence-electron chi connectivity index (χ2n) is 4.25. The van der Waals surface area contributed by atoms with Crippen LogP contribution in [0.2, 0.25) is 0 Å². The Bertz CT molecular complexity index is 423. The summed E-state index contributed by atoms with van der Waals surface area (Å²) in [4.78, 5) is 11.6. The van der Waals surface area contributed by atoms with Crippen LogP contribution in [-0.4, -0.2) is 32.3 Å². The predicted molar refractivity (Wildman–Crippen MR) is 70.7 cm³/mol. The van der Waals surface area contributed by atoms with Crippen LogP contribution in [0.1, 0.15) is 18.9 Å². The lowest BCUT2D eigenvalue weighted by Crippen LogP contribution is -2.42. The first-order valence-corrected chi connectivity index (χ1v) is 6.28. The number of nitrogens with one attached hydrogen (secondary N) is 1. The summed E-state index contributed by atoms with van der Waals surface area (Å²) in [5.41, 5.74) is 0.820. The van der Waals surface area contributed by atoms with Gasteiger partial charge in [-0.05, 0) is 31.5 Å². The van der Waals surface area contributed by atoms with E-state index in [-0.39, 0.29) is 18.4 Å². The van der Waals surface area contributed by atoms with E-state index in [1.165, 1.54) is 19.2 Å². The minimum absolute atomic E-state index is 0.108. The quantitative estimate of drug-likeness (QED) is 0.770. The average molecular weight is 269 g/mol. The van der Waals surface area contributed by atoms with Crippen molar-refractivity contribution in [3.63, 3.8) is 0 Å². The monoisotopic (exact) mass is 269 g/mol. The van der Waals surface area contributed by atoms with E-state index in [2.05, 4.69) is 5.32 Å². The Morgan fingerprint density at radius 2 is 2.21 bits per heavy atom. The molecule has 0 aliphatic rings. The zero-order valence-corrected chi connectivity index (χ0v) is 11.5. The van der Waals surface area contributed by atoms with Crippen molar-refractivity contribution < 1.29 is 18.7 Å². The molecule has 1 rings (SSSR count). The van der Waals surface area contributed by atoms with Gasteiger partial charge in [0.05, 0.1) is 7.11 Å². The van der Waals surface area contributed by atoms with Crippen molar-refractivity contribution in [2.75, 3.05) is 20.3 Å². The Kier molecular flexibility index (Phi) is 6.29. The molecule has 0 aliphatic carbocycles. The number of carbonyl (C=O) groups excluding carboxylic acids is 1. The molecule has 0 spiro atoms. The van der Waals surface area contributed by atoms with Gasteiger partial charge in [0.1, 0.15) is 24.2 Å². The molecule has 5 heteroatoms. The number of esters is 1. The van der Waals surface area contributed by atoms with Crippen LogP contribution >= 0.6 is 0 Å². The molecule has 0 heterocycles. The largest absolute Gasteiger partial charge is 0.491 e. The number of hydrogen-bond donors (Lipinski definition) is 1. The van der Waals surface area contributed by atoms with Gasteiger partial charge < -0.3 is 14.8 Å². The van der Waals surface area contributed by atoms with E-state index in [1.807, 2.05) is 13.8 Å². The molecule has 0 saturated heterocycles. The molecule has 1 N–H and O–H groups in total. The van der Waals surface area contributed by atoms with E-state index in [0.717, 1.165) is 12.0 Å². The Balaban J connectivity index is 2.64. The van der Waals surface area contributed by atoms with E-state index >= 15 is 0 Å². The first kappa shape index (κ1) is 15.4. The maximum absolute atomic E-state index is 13.1. The number of methoxy groups -OCH3 is 1. The van der Waals surface area contributed by atoms with Gasteiger partial charge in [-0.3, -0.25) is 4.79 Å². The smallest absolute Gasteiger partial charge is 0.326 e. The summed E-state index contributed by atoms with van der Waals surface area (Å²) >= 11 is 0. The highest BCUT2D eigenvalue weighted by Crippen LogP contribution is 2.18. The molecular weight excluding hydrogens is 249 g/mol. The molecule has 0 bridgehead atoms. The van der Waals surface area contributed by atoms with Gasteiger partial charge in [0.2, 0.25) is 0 Å². The van der Waals surface area contributed by atoms with Crippen molar-refractivity contribution in [3.05, 3.63) is 29.6 Å². The van der Waals surface area contributed by atoms with Crippen LogP contribution in [0.25, 0.3) is 0 Å². The van der Waals surface area contributed by atoms with E-state index in [9.17, 15) is 9.18 Å². The lowest BCUT2D eigenvalue weighted by molar-refractivity contribution is -0.143. The summed E-state index contributed by atoms with van der Waals surface area (Å²) in [5, 5.41) is 3.03. The number of carbonyl (C=O) groups is 1. The fourth-order valence-corrected chi connectivity index (χ4v) is 1.57. The van der Waals surface area contributed by atoms with E-state index in [1.54, 1.807) is 6.07 Å². The van der Waals surface area contributed by atoms with Crippen LogP contribution in [-0.2, 0) is 9.53 Å². The zero-order valence-electron chi connectivity index (χ0n) is 11.5. The predicted octanol–water partition coefficient (Wildman–Crippen LogP) is 2.05. The third-order valence-electron chi connectivity index (χ3n) is 2.68. The average Bonchev–Trinajstić information content (AvgIpc) is 2.41. The van der Waals surface area contributed by atoms with Gasteiger partial charge >= 0.3 is 5.97 Å². The van der Waals surface area contributed by atoms with Gasteiger partial charge in [-0.2, -0.15) is 0 Å². The standard InChI is InChI=1S/C14H20FNO3/c1-4-7-16-12(14(17)18-3)9-19-13-8-11(15)6-5-10(13)2/h5-6,8,12,16H,4,7,9H2,1-3H3. The second-order valence-corrected chi connectivity index (χ2v) is 4.25. The van der Waals surface area contributed by atoms with Crippen molar-refractivity contribution >= 4 is 5.97 Å². The lowest BCUT2D eigenvalue weighted by atomic mass is 10.2. The van der Waals surface area contributed by atoms with E-state index in [0.29, 0.717) is 12.3 Å². The number of aryl methyl sites for hydroxylation is 1.